The lowest BCUT2D eigenvalue weighted by Crippen LogP contribution is -2.03. The molecule has 148 valence electrons. The lowest BCUT2D eigenvalue weighted by Gasteiger charge is -2.09. The maximum absolute atomic E-state index is 12.3. The predicted octanol–water partition coefficient (Wildman–Crippen LogP) is 4.69. The first kappa shape index (κ1) is 19.1. The van der Waals surface area contributed by atoms with E-state index in [4.69, 9.17) is 13.9 Å². The number of ether oxygens (including phenoxy) is 2. The Morgan fingerprint density at radius 2 is 1.97 bits per heavy atom. The number of fused-ring (bicyclic) bond motifs is 2. The van der Waals surface area contributed by atoms with Crippen LogP contribution in [0.25, 0.3) is 21.2 Å². The highest BCUT2D eigenvalue weighted by Gasteiger charge is 2.22. The van der Waals surface area contributed by atoms with Crippen molar-refractivity contribution in [3.05, 3.63) is 56.5 Å². The lowest BCUT2D eigenvalue weighted by atomic mass is 10.1. The van der Waals surface area contributed by atoms with Crippen molar-refractivity contribution < 1.29 is 18.7 Å². The molecular weight excluding hydrogens is 392 g/mol. The quantitative estimate of drug-likeness (QED) is 0.356. The molecule has 3 aromatic heterocycles. The molecule has 0 radical (unpaired) electrons. The zero-order chi connectivity index (χ0) is 20.7. The average Bonchev–Trinajstić information content (AvgIpc) is 2.98. The lowest BCUT2D eigenvalue weighted by molar-refractivity contribution is 0.0531. The fourth-order valence-electron chi connectivity index (χ4n) is 3.15. The molecular formula is C21H18N2O5S. The fourth-order valence-corrected chi connectivity index (χ4v) is 4.26. The number of carbonyl (C=O) groups excluding carboxylic acids is 1. The van der Waals surface area contributed by atoms with Crippen molar-refractivity contribution in [3.63, 3.8) is 0 Å². The van der Waals surface area contributed by atoms with Gasteiger partial charge in [0.25, 0.3) is 0 Å². The van der Waals surface area contributed by atoms with Crippen molar-refractivity contribution >= 4 is 38.5 Å². The first-order chi connectivity index (χ1) is 13.9. The Hall–Kier alpha value is -3.26. The van der Waals surface area contributed by atoms with E-state index in [2.05, 4.69) is 9.97 Å². The number of nitrogens with zero attached hydrogens (tertiary/aromatic N) is 2. The Labute approximate surface area is 169 Å². The van der Waals surface area contributed by atoms with Crippen LogP contribution in [0.3, 0.4) is 0 Å². The number of rotatable bonds is 4. The van der Waals surface area contributed by atoms with E-state index in [1.165, 1.54) is 17.4 Å². The van der Waals surface area contributed by atoms with Crippen molar-refractivity contribution in [3.8, 4) is 11.6 Å². The molecule has 8 heteroatoms. The first-order valence-corrected chi connectivity index (χ1v) is 9.86. The Morgan fingerprint density at radius 1 is 1.17 bits per heavy atom. The first-order valence-electron chi connectivity index (χ1n) is 9.04. The normalized spacial score (nSPS) is 11.2. The van der Waals surface area contributed by atoms with Gasteiger partial charge in [-0.25, -0.2) is 14.6 Å². The molecule has 0 saturated carbocycles. The van der Waals surface area contributed by atoms with E-state index in [0.717, 1.165) is 10.9 Å². The van der Waals surface area contributed by atoms with Crippen molar-refractivity contribution in [1.29, 1.82) is 0 Å². The summed E-state index contributed by atoms with van der Waals surface area (Å²) in [5.74, 6) is 0.937. The molecule has 1 aromatic carbocycles. The summed E-state index contributed by atoms with van der Waals surface area (Å²) in [5, 5.41) is 1.49. The van der Waals surface area contributed by atoms with E-state index in [1.807, 2.05) is 19.9 Å². The third-order valence-electron chi connectivity index (χ3n) is 4.47. The van der Waals surface area contributed by atoms with Gasteiger partial charge >= 0.3 is 11.6 Å². The minimum atomic E-state index is -0.417. The standard InChI is InChI=1S/C21H18N2O5S/c1-5-26-21(25)18-11(3)17-19(22-12(4)23-20(17)29-18)27-13-6-7-14-10(2)8-16(24)28-15(14)9-13/h6-9H,5H2,1-4H3. The smallest absolute Gasteiger partial charge is 0.348 e. The zero-order valence-electron chi connectivity index (χ0n) is 16.4. The number of carbonyl (C=O) groups is 1. The van der Waals surface area contributed by atoms with Crippen LogP contribution >= 0.6 is 11.3 Å². The predicted molar refractivity (Wildman–Crippen MR) is 110 cm³/mol. The maximum Gasteiger partial charge on any atom is 0.348 e. The largest absolute Gasteiger partial charge is 0.462 e. The van der Waals surface area contributed by atoms with E-state index in [1.54, 1.807) is 26.0 Å². The minimum absolute atomic E-state index is 0.294. The summed E-state index contributed by atoms with van der Waals surface area (Å²) >= 11 is 1.25. The van der Waals surface area contributed by atoms with Crippen molar-refractivity contribution in [1.82, 2.24) is 9.97 Å². The molecule has 0 spiro atoms. The van der Waals surface area contributed by atoms with Gasteiger partial charge in [-0.15, -0.1) is 11.3 Å². The molecule has 0 bridgehead atoms. The van der Waals surface area contributed by atoms with Crippen molar-refractivity contribution in [2.24, 2.45) is 0 Å². The molecule has 0 aliphatic rings. The second-order valence-corrected chi connectivity index (χ2v) is 7.54. The van der Waals surface area contributed by atoms with Gasteiger partial charge in [-0.05, 0) is 51.0 Å². The van der Waals surface area contributed by atoms with Crippen LogP contribution in [0.4, 0.5) is 0 Å². The van der Waals surface area contributed by atoms with Crippen LogP contribution in [0, 0.1) is 20.8 Å². The van der Waals surface area contributed by atoms with Gasteiger partial charge in [0.05, 0.1) is 12.0 Å². The summed E-state index contributed by atoms with van der Waals surface area (Å²) < 4.78 is 16.5. The minimum Gasteiger partial charge on any atom is -0.462 e. The summed E-state index contributed by atoms with van der Waals surface area (Å²) in [4.78, 5) is 33.9. The molecule has 0 unspecified atom stereocenters. The number of hydrogen-bond acceptors (Lipinski definition) is 8. The van der Waals surface area contributed by atoms with Crippen molar-refractivity contribution in [2.45, 2.75) is 27.7 Å². The topological polar surface area (TPSA) is 91.5 Å². The van der Waals surface area contributed by atoms with Crippen molar-refractivity contribution in [2.75, 3.05) is 6.61 Å². The molecule has 7 nitrogen and oxygen atoms in total. The average molecular weight is 410 g/mol. The van der Waals surface area contributed by atoms with Crippen LogP contribution in [-0.4, -0.2) is 22.5 Å². The summed E-state index contributed by atoms with van der Waals surface area (Å²) in [6, 6.07) is 6.72. The second kappa shape index (κ2) is 7.29. The van der Waals surface area contributed by atoms with E-state index < -0.39 is 5.63 Å². The summed E-state index contributed by atoms with van der Waals surface area (Å²) in [5.41, 5.74) is 1.56. The molecule has 0 N–H and O–H groups in total. The summed E-state index contributed by atoms with van der Waals surface area (Å²) in [7, 11) is 0. The molecule has 0 fully saturated rings. The molecule has 0 aliphatic heterocycles. The molecule has 3 heterocycles. The van der Waals surface area contributed by atoms with E-state index in [-0.39, 0.29) is 5.97 Å². The van der Waals surface area contributed by atoms with Crippen LogP contribution in [-0.2, 0) is 4.74 Å². The molecule has 29 heavy (non-hydrogen) atoms. The SMILES string of the molecule is CCOC(=O)c1sc2nc(C)nc(Oc3ccc4c(C)cc(=O)oc4c3)c2c1C. The fraction of sp³-hybridized carbons (Fsp3) is 0.238. The van der Waals surface area contributed by atoms with Gasteiger partial charge in [-0.3, -0.25) is 0 Å². The van der Waals surface area contributed by atoms with E-state index >= 15 is 0 Å². The van der Waals surface area contributed by atoms with Crippen LogP contribution in [0.15, 0.2) is 33.5 Å². The summed E-state index contributed by atoms with van der Waals surface area (Å²) in [6.07, 6.45) is 0. The van der Waals surface area contributed by atoms with Gasteiger partial charge in [-0.2, -0.15) is 4.98 Å². The third-order valence-corrected chi connectivity index (χ3v) is 5.63. The highest BCUT2D eigenvalue weighted by atomic mass is 32.1. The number of aryl methyl sites for hydroxylation is 3. The Morgan fingerprint density at radius 3 is 2.72 bits per heavy atom. The number of esters is 1. The van der Waals surface area contributed by atoms with Crippen LogP contribution in [0.2, 0.25) is 0 Å². The van der Waals surface area contributed by atoms with Gasteiger partial charge in [-0.1, -0.05) is 0 Å². The molecule has 4 rings (SSSR count). The molecule has 0 atom stereocenters. The highest BCUT2D eigenvalue weighted by molar-refractivity contribution is 7.20. The highest BCUT2D eigenvalue weighted by Crippen LogP contribution is 2.37. The van der Waals surface area contributed by atoms with Gasteiger partial charge in [0.1, 0.15) is 26.9 Å². The zero-order valence-corrected chi connectivity index (χ0v) is 17.2. The summed E-state index contributed by atoms with van der Waals surface area (Å²) in [6.45, 7) is 7.48. The molecule has 0 aliphatic carbocycles. The van der Waals surface area contributed by atoms with E-state index in [9.17, 15) is 9.59 Å². The van der Waals surface area contributed by atoms with Crippen LogP contribution in [0.1, 0.15) is 33.5 Å². The molecule has 0 saturated heterocycles. The number of thiophene rings is 1. The van der Waals surface area contributed by atoms with Crippen LogP contribution in [0.5, 0.6) is 11.6 Å². The van der Waals surface area contributed by atoms with Gasteiger partial charge in [0.15, 0.2) is 0 Å². The Bertz CT molecular complexity index is 1320. The maximum atomic E-state index is 12.3. The van der Waals surface area contributed by atoms with Crippen LogP contribution < -0.4 is 10.4 Å². The second-order valence-electron chi connectivity index (χ2n) is 6.54. The Balaban J connectivity index is 1.82. The number of hydrogen-bond donors (Lipinski definition) is 0. The van der Waals surface area contributed by atoms with E-state index in [0.29, 0.717) is 50.3 Å². The van der Waals surface area contributed by atoms with Gasteiger partial charge < -0.3 is 13.9 Å². The van der Waals surface area contributed by atoms with Gasteiger partial charge in [0, 0.05) is 17.5 Å². The number of aromatic nitrogens is 2. The molecule has 0 amide bonds. The third kappa shape index (κ3) is 3.47. The van der Waals surface area contributed by atoms with Gasteiger partial charge in [0.2, 0.25) is 5.88 Å². The monoisotopic (exact) mass is 410 g/mol. The number of benzene rings is 1. The Kier molecular flexibility index (Phi) is 4.79. The molecule has 4 aromatic rings.